The molecule has 0 N–H and O–H groups in total. The smallest absolute Gasteiger partial charge is 0.409 e. The average Bonchev–Trinajstić information content (AvgIpc) is 3.06. The van der Waals surface area contributed by atoms with Crippen molar-refractivity contribution in [2.45, 2.75) is 13.8 Å². The summed E-state index contributed by atoms with van der Waals surface area (Å²) in [5.41, 5.74) is 1.11. The largest absolute Gasteiger partial charge is 0.497 e. The van der Waals surface area contributed by atoms with Crippen LogP contribution in [0.5, 0.6) is 5.75 Å². The third-order valence-corrected chi connectivity index (χ3v) is 4.67. The van der Waals surface area contributed by atoms with Crippen molar-refractivity contribution < 1.29 is 23.9 Å². The Labute approximate surface area is 157 Å². The highest BCUT2D eigenvalue weighted by atomic mass is 16.6. The first kappa shape index (κ1) is 18.8. The van der Waals surface area contributed by atoms with Crippen molar-refractivity contribution in [2.75, 3.05) is 39.9 Å². The van der Waals surface area contributed by atoms with E-state index in [0.717, 1.165) is 0 Å². The molecule has 3 rings (SSSR count). The van der Waals surface area contributed by atoms with E-state index in [4.69, 9.17) is 9.47 Å². The Balaban J connectivity index is 1.86. The van der Waals surface area contributed by atoms with Gasteiger partial charge in [0.05, 0.1) is 24.8 Å². The lowest BCUT2D eigenvalue weighted by Crippen LogP contribution is -2.50. The minimum absolute atomic E-state index is 0.170. The molecule has 0 bridgehead atoms. The van der Waals surface area contributed by atoms with Crippen molar-refractivity contribution in [3.8, 4) is 5.75 Å². The molecule has 1 aromatic carbocycles. The number of hydrogen-bond acceptors (Lipinski definition) is 5. The highest BCUT2D eigenvalue weighted by Crippen LogP contribution is 2.27. The highest BCUT2D eigenvalue weighted by Gasteiger charge is 2.27. The van der Waals surface area contributed by atoms with Crippen molar-refractivity contribution in [3.05, 3.63) is 30.0 Å². The van der Waals surface area contributed by atoms with E-state index < -0.39 is 0 Å². The van der Waals surface area contributed by atoms with Gasteiger partial charge in [0.1, 0.15) is 5.75 Å². The summed E-state index contributed by atoms with van der Waals surface area (Å²) in [5, 5.41) is 0.669. The van der Waals surface area contributed by atoms with Gasteiger partial charge in [-0.2, -0.15) is 0 Å². The topological polar surface area (TPSA) is 81.1 Å². The van der Waals surface area contributed by atoms with Gasteiger partial charge in [0.15, 0.2) is 0 Å². The average molecular weight is 373 g/mol. The van der Waals surface area contributed by atoms with Crippen molar-refractivity contribution in [3.63, 3.8) is 0 Å². The molecule has 1 aliphatic heterocycles. The number of rotatable bonds is 3. The van der Waals surface area contributed by atoms with Gasteiger partial charge in [0.25, 0.3) is 5.91 Å². The van der Waals surface area contributed by atoms with Gasteiger partial charge in [-0.05, 0) is 25.1 Å². The zero-order valence-electron chi connectivity index (χ0n) is 15.7. The Morgan fingerprint density at radius 1 is 1.07 bits per heavy atom. The van der Waals surface area contributed by atoms with Gasteiger partial charge in [-0.1, -0.05) is 0 Å². The molecule has 0 unspecified atom stereocenters. The molecule has 2 heterocycles. The Kier molecular flexibility index (Phi) is 5.34. The summed E-state index contributed by atoms with van der Waals surface area (Å²) in [4.78, 5) is 40.1. The van der Waals surface area contributed by atoms with Crippen LogP contribution in [0.2, 0.25) is 0 Å². The summed E-state index contributed by atoms with van der Waals surface area (Å²) in [6, 6.07) is 5.29. The molecular formula is C19H23N3O5. The second kappa shape index (κ2) is 7.69. The van der Waals surface area contributed by atoms with E-state index in [1.54, 1.807) is 48.2 Å². The van der Waals surface area contributed by atoms with Gasteiger partial charge in [0, 0.05) is 44.7 Å². The Hall–Kier alpha value is -3.03. The van der Waals surface area contributed by atoms with Gasteiger partial charge in [0.2, 0.25) is 5.91 Å². The number of ether oxygens (including phenoxy) is 2. The monoisotopic (exact) mass is 373 g/mol. The molecule has 8 nitrogen and oxygen atoms in total. The second-order valence-electron chi connectivity index (χ2n) is 6.29. The molecule has 0 aliphatic carbocycles. The number of hydrogen-bond donors (Lipinski definition) is 0. The number of methoxy groups -OCH3 is 1. The lowest BCUT2D eigenvalue weighted by molar-refractivity contribution is 0.0572. The summed E-state index contributed by atoms with van der Waals surface area (Å²) >= 11 is 0. The highest BCUT2D eigenvalue weighted by molar-refractivity contribution is 6.09. The first-order valence-electron chi connectivity index (χ1n) is 8.87. The van der Waals surface area contributed by atoms with Crippen LogP contribution in [0.1, 0.15) is 29.0 Å². The predicted molar refractivity (Wildman–Crippen MR) is 99.3 cm³/mol. The molecule has 144 valence electrons. The van der Waals surface area contributed by atoms with Crippen LogP contribution in [0.3, 0.4) is 0 Å². The van der Waals surface area contributed by atoms with E-state index >= 15 is 0 Å². The molecule has 0 atom stereocenters. The number of nitrogens with zero attached hydrogens (tertiary/aromatic N) is 3. The Morgan fingerprint density at radius 2 is 1.74 bits per heavy atom. The van der Waals surface area contributed by atoms with Crippen LogP contribution in [-0.2, 0) is 4.74 Å². The lowest BCUT2D eigenvalue weighted by Gasteiger charge is -2.34. The minimum atomic E-state index is -0.359. The quantitative estimate of drug-likeness (QED) is 0.824. The Bertz CT molecular complexity index is 881. The van der Waals surface area contributed by atoms with E-state index in [1.807, 2.05) is 0 Å². The number of carbonyl (C=O) groups is 3. The van der Waals surface area contributed by atoms with Crippen LogP contribution in [0.25, 0.3) is 10.9 Å². The summed E-state index contributed by atoms with van der Waals surface area (Å²) in [5.74, 6) is 0.276. The zero-order chi connectivity index (χ0) is 19.6. The summed E-state index contributed by atoms with van der Waals surface area (Å²) in [6.45, 7) is 5.19. The van der Waals surface area contributed by atoms with Crippen LogP contribution in [0.15, 0.2) is 24.4 Å². The van der Waals surface area contributed by atoms with Crippen LogP contribution in [-0.4, -0.2) is 72.2 Å². The summed E-state index contributed by atoms with van der Waals surface area (Å²) in [6.07, 6.45) is 1.22. The molecule has 27 heavy (non-hydrogen) atoms. The molecule has 1 saturated heterocycles. The number of fused-ring (bicyclic) bond motifs is 1. The maximum absolute atomic E-state index is 13.1. The molecule has 2 amide bonds. The molecule has 0 spiro atoms. The summed E-state index contributed by atoms with van der Waals surface area (Å²) < 4.78 is 11.7. The fraction of sp³-hybridized carbons (Fsp3) is 0.421. The molecule has 0 saturated carbocycles. The maximum Gasteiger partial charge on any atom is 0.409 e. The summed E-state index contributed by atoms with van der Waals surface area (Å²) in [7, 11) is 1.55. The van der Waals surface area contributed by atoms with Gasteiger partial charge >= 0.3 is 6.09 Å². The molecule has 1 aliphatic rings. The van der Waals surface area contributed by atoms with E-state index in [-0.39, 0.29) is 17.9 Å². The zero-order valence-corrected chi connectivity index (χ0v) is 15.7. The normalized spacial score (nSPS) is 14.3. The number of amides is 2. The van der Waals surface area contributed by atoms with E-state index in [0.29, 0.717) is 55.0 Å². The van der Waals surface area contributed by atoms with Crippen LogP contribution < -0.4 is 4.74 Å². The van der Waals surface area contributed by atoms with Crippen molar-refractivity contribution in [1.82, 2.24) is 14.4 Å². The molecule has 2 aromatic rings. The van der Waals surface area contributed by atoms with E-state index in [1.165, 1.54) is 11.5 Å². The SMILES string of the molecule is CCOC(=O)N1CCN(C(=O)c2cn(C(C)=O)c3ccc(OC)cc23)CC1. The number of aromatic nitrogens is 1. The number of piperazine rings is 1. The van der Waals surface area contributed by atoms with Crippen LogP contribution in [0.4, 0.5) is 4.79 Å². The fourth-order valence-electron chi connectivity index (χ4n) is 3.24. The standard InChI is InChI=1S/C19H23N3O5/c1-4-27-19(25)21-9-7-20(8-10-21)18(24)16-12-22(13(2)23)17-6-5-14(26-3)11-15(16)17/h5-6,11-12H,4,7-10H2,1-3H3. The predicted octanol–water partition coefficient (Wildman–Crippen LogP) is 2.22. The van der Waals surface area contributed by atoms with Gasteiger partial charge in [-0.25, -0.2) is 4.79 Å². The van der Waals surface area contributed by atoms with Crippen molar-refractivity contribution in [1.29, 1.82) is 0 Å². The Morgan fingerprint density at radius 3 is 2.33 bits per heavy atom. The third kappa shape index (κ3) is 3.60. The van der Waals surface area contributed by atoms with E-state index in [9.17, 15) is 14.4 Å². The van der Waals surface area contributed by atoms with Crippen LogP contribution >= 0.6 is 0 Å². The molecule has 1 aromatic heterocycles. The first-order chi connectivity index (χ1) is 13.0. The molecular weight excluding hydrogens is 350 g/mol. The maximum atomic E-state index is 13.1. The van der Waals surface area contributed by atoms with Gasteiger partial charge < -0.3 is 19.3 Å². The fourth-order valence-corrected chi connectivity index (χ4v) is 3.24. The second-order valence-corrected chi connectivity index (χ2v) is 6.29. The third-order valence-electron chi connectivity index (χ3n) is 4.67. The minimum Gasteiger partial charge on any atom is -0.497 e. The molecule has 8 heteroatoms. The van der Waals surface area contributed by atoms with Crippen molar-refractivity contribution >= 4 is 28.8 Å². The molecule has 0 radical (unpaired) electrons. The van der Waals surface area contributed by atoms with Gasteiger partial charge in [-0.15, -0.1) is 0 Å². The van der Waals surface area contributed by atoms with E-state index in [2.05, 4.69) is 0 Å². The number of benzene rings is 1. The van der Waals surface area contributed by atoms with Crippen LogP contribution in [0, 0.1) is 0 Å². The van der Waals surface area contributed by atoms with Crippen molar-refractivity contribution in [2.24, 2.45) is 0 Å². The molecule has 1 fully saturated rings. The van der Waals surface area contributed by atoms with Gasteiger partial charge in [-0.3, -0.25) is 14.2 Å². The lowest BCUT2D eigenvalue weighted by atomic mass is 10.1. The number of carbonyl (C=O) groups excluding carboxylic acids is 3. The first-order valence-corrected chi connectivity index (χ1v) is 8.87.